The van der Waals surface area contributed by atoms with Crippen LogP contribution in [0.4, 0.5) is 0 Å². The third-order valence-corrected chi connectivity index (χ3v) is 5.01. The highest BCUT2D eigenvalue weighted by atomic mass is 79.9. The summed E-state index contributed by atoms with van der Waals surface area (Å²) in [6.07, 6.45) is 6.59. The molecule has 1 nitrogen and oxygen atoms in total. The zero-order chi connectivity index (χ0) is 13.0. The van der Waals surface area contributed by atoms with Crippen LogP contribution in [-0.4, -0.2) is 6.54 Å². The van der Waals surface area contributed by atoms with Gasteiger partial charge in [0.2, 0.25) is 0 Å². The fraction of sp³-hybridized carbons (Fsp3) is 0.625. The monoisotopic (exact) mass is 309 g/mol. The van der Waals surface area contributed by atoms with Crippen LogP contribution in [0.25, 0.3) is 0 Å². The van der Waals surface area contributed by atoms with Gasteiger partial charge in [0.25, 0.3) is 0 Å². The quantitative estimate of drug-likeness (QED) is 0.877. The van der Waals surface area contributed by atoms with Crippen LogP contribution in [-0.2, 0) is 6.42 Å². The minimum Gasteiger partial charge on any atom is -0.330 e. The molecule has 1 aliphatic carbocycles. The molecular weight excluding hydrogens is 286 g/mol. The summed E-state index contributed by atoms with van der Waals surface area (Å²) in [7, 11) is 0. The van der Waals surface area contributed by atoms with E-state index in [9.17, 15) is 0 Å². The van der Waals surface area contributed by atoms with Gasteiger partial charge in [0.15, 0.2) is 0 Å². The van der Waals surface area contributed by atoms with Gasteiger partial charge in [-0.1, -0.05) is 47.8 Å². The van der Waals surface area contributed by atoms with E-state index < -0.39 is 0 Å². The fourth-order valence-electron chi connectivity index (χ4n) is 3.32. The summed E-state index contributed by atoms with van der Waals surface area (Å²) >= 11 is 3.56. The molecule has 1 aromatic carbocycles. The molecule has 1 aliphatic rings. The van der Waals surface area contributed by atoms with Crippen molar-refractivity contribution in [3.8, 4) is 0 Å². The Hall–Kier alpha value is -0.340. The van der Waals surface area contributed by atoms with Crippen LogP contribution in [0.15, 0.2) is 28.7 Å². The van der Waals surface area contributed by atoms with Gasteiger partial charge in [-0.3, -0.25) is 0 Å². The first-order valence-corrected chi connectivity index (χ1v) is 7.96. The number of nitrogens with two attached hydrogens (primary N) is 1. The lowest BCUT2D eigenvalue weighted by atomic mass is 9.71. The molecule has 0 aromatic heterocycles. The summed E-state index contributed by atoms with van der Waals surface area (Å²) in [5.41, 5.74) is 7.40. The molecule has 2 rings (SSSR count). The van der Waals surface area contributed by atoms with Crippen molar-refractivity contribution in [1.82, 2.24) is 0 Å². The van der Waals surface area contributed by atoms with E-state index in [1.54, 1.807) is 0 Å². The van der Waals surface area contributed by atoms with Crippen molar-refractivity contribution in [1.29, 1.82) is 0 Å². The second-order valence-corrected chi connectivity index (χ2v) is 6.59. The molecule has 3 unspecified atom stereocenters. The van der Waals surface area contributed by atoms with Gasteiger partial charge in [-0.25, -0.2) is 0 Å². The average Bonchev–Trinajstić information content (AvgIpc) is 2.38. The maximum absolute atomic E-state index is 5.95. The largest absolute Gasteiger partial charge is 0.330 e. The van der Waals surface area contributed by atoms with Crippen LogP contribution >= 0.6 is 15.9 Å². The third-order valence-electron chi connectivity index (χ3n) is 4.52. The molecule has 0 saturated heterocycles. The van der Waals surface area contributed by atoms with Crippen molar-refractivity contribution in [2.24, 2.45) is 23.5 Å². The van der Waals surface area contributed by atoms with Crippen LogP contribution in [0.1, 0.15) is 38.2 Å². The molecule has 1 saturated carbocycles. The minimum atomic E-state index is 0.729. The van der Waals surface area contributed by atoms with Crippen LogP contribution in [0.3, 0.4) is 0 Å². The van der Waals surface area contributed by atoms with Gasteiger partial charge in [-0.05, 0) is 61.3 Å². The Morgan fingerprint density at radius 2 is 2.11 bits per heavy atom. The summed E-state index contributed by atoms with van der Waals surface area (Å²) in [5.74, 6) is 2.43. The fourth-order valence-corrected chi connectivity index (χ4v) is 3.77. The average molecular weight is 310 g/mol. The Balaban J connectivity index is 2.04. The molecule has 0 aliphatic heterocycles. The standard InChI is InChI=1S/C16H24BrN/c1-2-12-6-7-14(11-18)15(8-12)9-13-4-3-5-16(17)10-13/h3-5,10,12,14-15H,2,6-9,11,18H2,1H3. The Morgan fingerprint density at radius 3 is 2.78 bits per heavy atom. The number of rotatable bonds is 4. The summed E-state index contributed by atoms with van der Waals surface area (Å²) in [5, 5.41) is 0. The summed E-state index contributed by atoms with van der Waals surface area (Å²) < 4.78 is 1.19. The lowest BCUT2D eigenvalue weighted by molar-refractivity contribution is 0.180. The molecule has 0 bridgehead atoms. The molecule has 0 spiro atoms. The molecule has 1 fully saturated rings. The van der Waals surface area contributed by atoms with Crippen molar-refractivity contribution >= 4 is 15.9 Å². The molecule has 0 heterocycles. The molecular formula is C16H24BrN. The predicted octanol–water partition coefficient (Wildman–Crippen LogP) is 4.39. The maximum atomic E-state index is 5.95. The van der Waals surface area contributed by atoms with E-state index in [0.29, 0.717) is 0 Å². The van der Waals surface area contributed by atoms with Crippen molar-refractivity contribution in [3.05, 3.63) is 34.3 Å². The molecule has 100 valence electrons. The predicted molar refractivity (Wildman–Crippen MR) is 81.5 cm³/mol. The van der Waals surface area contributed by atoms with E-state index in [1.807, 2.05) is 0 Å². The molecule has 0 amide bonds. The van der Waals surface area contributed by atoms with Crippen molar-refractivity contribution in [3.63, 3.8) is 0 Å². The number of hydrogen-bond donors (Lipinski definition) is 1. The molecule has 1 aromatic rings. The Morgan fingerprint density at radius 1 is 1.28 bits per heavy atom. The topological polar surface area (TPSA) is 26.0 Å². The Kier molecular flexibility index (Phi) is 5.25. The molecule has 0 radical (unpaired) electrons. The highest BCUT2D eigenvalue weighted by Gasteiger charge is 2.28. The highest BCUT2D eigenvalue weighted by Crippen LogP contribution is 2.37. The highest BCUT2D eigenvalue weighted by molar-refractivity contribution is 9.10. The molecule has 2 heteroatoms. The van der Waals surface area contributed by atoms with Gasteiger partial charge in [0.1, 0.15) is 0 Å². The van der Waals surface area contributed by atoms with Crippen LogP contribution in [0, 0.1) is 17.8 Å². The number of halogens is 1. The second kappa shape index (κ2) is 6.72. The van der Waals surface area contributed by atoms with Crippen LogP contribution in [0.2, 0.25) is 0 Å². The Labute approximate surface area is 119 Å². The lowest BCUT2D eigenvalue weighted by Crippen LogP contribution is -2.31. The van der Waals surface area contributed by atoms with Crippen LogP contribution in [0.5, 0.6) is 0 Å². The zero-order valence-electron chi connectivity index (χ0n) is 11.2. The molecule has 2 N–H and O–H groups in total. The second-order valence-electron chi connectivity index (χ2n) is 5.68. The summed E-state index contributed by atoms with van der Waals surface area (Å²) in [6.45, 7) is 3.18. The molecule has 3 atom stereocenters. The summed E-state index contributed by atoms with van der Waals surface area (Å²) in [4.78, 5) is 0. The minimum absolute atomic E-state index is 0.729. The smallest absolute Gasteiger partial charge is 0.0177 e. The third kappa shape index (κ3) is 3.58. The van der Waals surface area contributed by atoms with Gasteiger partial charge in [0, 0.05) is 4.47 Å². The van der Waals surface area contributed by atoms with Crippen LogP contribution < -0.4 is 5.73 Å². The maximum Gasteiger partial charge on any atom is 0.0177 e. The van der Waals surface area contributed by atoms with Gasteiger partial charge in [0.05, 0.1) is 0 Å². The van der Waals surface area contributed by atoms with E-state index in [1.165, 1.54) is 42.1 Å². The van der Waals surface area contributed by atoms with E-state index in [-0.39, 0.29) is 0 Å². The van der Waals surface area contributed by atoms with E-state index in [2.05, 4.69) is 47.1 Å². The normalized spacial score (nSPS) is 28.3. The Bertz CT molecular complexity index is 377. The number of hydrogen-bond acceptors (Lipinski definition) is 1. The van der Waals surface area contributed by atoms with E-state index in [0.717, 1.165) is 24.3 Å². The molecule has 18 heavy (non-hydrogen) atoms. The van der Waals surface area contributed by atoms with Gasteiger partial charge in [-0.2, -0.15) is 0 Å². The van der Waals surface area contributed by atoms with E-state index >= 15 is 0 Å². The lowest BCUT2D eigenvalue weighted by Gasteiger charge is -2.35. The van der Waals surface area contributed by atoms with Crippen molar-refractivity contribution in [2.75, 3.05) is 6.54 Å². The van der Waals surface area contributed by atoms with Crippen molar-refractivity contribution < 1.29 is 0 Å². The van der Waals surface area contributed by atoms with Gasteiger partial charge >= 0.3 is 0 Å². The van der Waals surface area contributed by atoms with Crippen molar-refractivity contribution in [2.45, 2.75) is 39.0 Å². The number of benzene rings is 1. The SMILES string of the molecule is CCC1CCC(CN)C(Cc2cccc(Br)c2)C1. The van der Waals surface area contributed by atoms with E-state index in [4.69, 9.17) is 5.73 Å². The summed E-state index contributed by atoms with van der Waals surface area (Å²) in [6, 6.07) is 8.73. The zero-order valence-corrected chi connectivity index (χ0v) is 12.8. The first kappa shape index (κ1) is 14.1. The van der Waals surface area contributed by atoms with Gasteiger partial charge < -0.3 is 5.73 Å². The van der Waals surface area contributed by atoms with Gasteiger partial charge in [-0.15, -0.1) is 0 Å². The first-order chi connectivity index (χ1) is 8.72. The first-order valence-electron chi connectivity index (χ1n) is 7.17.